The first-order valence-corrected chi connectivity index (χ1v) is 9.61. The lowest BCUT2D eigenvalue weighted by Crippen LogP contribution is -2.18. The van der Waals surface area contributed by atoms with Crippen LogP contribution in [0.2, 0.25) is 0 Å². The number of amides is 1. The summed E-state index contributed by atoms with van der Waals surface area (Å²) < 4.78 is 77.9. The Morgan fingerprint density at radius 1 is 0.676 bits per heavy atom. The number of carbonyl (C=O) groups is 1. The zero-order valence-corrected chi connectivity index (χ0v) is 17.2. The number of nitrogens with one attached hydrogen (secondary N) is 2. The van der Waals surface area contributed by atoms with Crippen LogP contribution < -0.4 is 10.9 Å². The van der Waals surface area contributed by atoms with Gasteiger partial charge in [0.05, 0.1) is 29.2 Å². The molecular weight excluding hydrogens is 462 g/mol. The number of carbonyl (C=O) groups excluding carboxylic acids is 1. The summed E-state index contributed by atoms with van der Waals surface area (Å²) >= 11 is 0. The van der Waals surface area contributed by atoms with Crippen LogP contribution in [0.15, 0.2) is 83.0 Å². The highest BCUT2D eigenvalue weighted by Gasteiger charge is 2.33. The summed E-state index contributed by atoms with van der Waals surface area (Å²) in [5, 5.41) is 7.35. The maximum absolute atomic E-state index is 13.0. The monoisotopic (exact) mass is 478 g/mol. The molecule has 0 unspecified atom stereocenters. The van der Waals surface area contributed by atoms with Gasteiger partial charge in [-0.05, 0) is 36.4 Å². The van der Waals surface area contributed by atoms with Gasteiger partial charge in [0.2, 0.25) is 0 Å². The number of hydrogen-bond donors (Lipinski definition) is 2. The topological polar surface area (TPSA) is 65.8 Å². The minimum absolute atomic E-state index is 0.122. The molecule has 0 aliphatic carbocycles. The van der Waals surface area contributed by atoms with E-state index in [1.165, 1.54) is 60.7 Å². The average molecular weight is 478 g/mol. The number of halogens is 6. The van der Waals surface area contributed by atoms with Crippen molar-refractivity contribution in [3.05, 3.63) is 101 Å². The Balaban J connectivity index is 1.61. The third-order valence-corrected chi connectivity index (χ3v) is 4.45. The van der Waals surface area contributed by atoms with Crippen molar-refractivity contribution in [1.82, 2.24) is 5.43 Å². The predicted molar refractivity (Wildman–Crippen MR) is 116 cm³/mol. The Kier molecular flexibility index (Phi) is 7.34. The second-order valence-electron chi connectivity index (χ2n) is 6.82. The van der Waals surface area contributed by atoms with Gasteiger partial charge in [-0.1, -0.05) is 36.4 Å². The van der Waals surface area contributed by atoms with Crippen LogP contribution >= 0.6 is 0 Å². The Bertz CT molecular complexity index is 1200. The van der Waals surface area contributed by atoms with Crippen LogP contribution in [0.1, 0.15) is 32.6 Å². The lowest BCUT2D eigenvalue weighted by atomic mass is 10.1. The van der Waals surface area contributed by atoms with E-state index in [1.807, 2.05) is 0 Å². The third kappa shape index (κ3) is 6.44. The third-order valence-electron chi connectivity index (χ3n) is 4.45. The van der Waals surface area contributed by atoms with E-state index in [9.17, 15) is 31.1 Å². The molecule has 0 saturated carbocycles. The molecule has 0 fully saturated rings. The molecule has 0 atom stereocenters. The molecule has 0 heterocycles. The maximum atomic E-state index is 13.0. The van der Waals surface area contributed by atoms with Crippen LogP contribution in [0.5, 0.6) is 0 Å². The van der Waals surface area contributed by atoms with E-state index in [0.29, 0.717) is 5.69 Å². The van der Waals surface area contributed by atoms with E-state index in [-0.39, 0.29) is 16.7 Å². The SMILES string of the molecule is O=C(NN=Cc1ccccc1C(F)(F)F)c1ccc(NN=Cc2ccccc2C(F)(F)F)cc1. The lowest BCUT2D eigenvalue weighted by Gasteiger charge is -2.09. The van der Waals surface area contributed by atoms with Gasteiger partial charge in [0.1, 0.15) is 0 Å². The van der Waals surface area contributed by atoms with Crippen molar-refractivity contribution in [3.8, 4) is 0 Å². The zero-order chi connectivity index (χ0) is 24.8. The molecule has 176 valence electrons. The molecule has 0 aliphatic rings. The summed E-state index contributed by atoms with van der Waals surface area (Å²) in [6.45, 7) is 0. The Morgan fingerprint density at radius 2 is 1.15 bits per heavy atom. The Morgan fingerprint density at radius 3 is 1.65 bits per heavy atom. The molecule has 3 aromatic rings. The lowest BCUT2D eigenvalue weighted by molar-refractivity contribution is -0.138. The summed E-state index contributed by atoms with van der Waals surface area (Å²) in [4.78, 5) is 12.2. The first-order valence-electron chi connectivity index (χ1n) is 9.61. The van der Waals surface area contributed by atoms with Gasteiger partial charge in [-0.2, -0.15) is 36.5 Å². The van der Waals surface area contributed by atoms with E-state index in [0.717, 1.165) is 24.6 Å². The van der Waals surface area contributed by atoms with Gasteiger partial charge in [0.15, 0.2) is 0 Å². The maximum Gasteiger partial charge on any atom is 0.417 e. The van der Waals surface area contributed by atoms with Gasteiger partial charge in [-0.25, -0.2) is 5.43 Å². The molecule has 2 N–H and O–H groups in total. The van der Waals surface area contributed by atoms with Crippen molar-refractivity contribution in [3.63, 3.8) is 0 Å². The number of alkyl halides is 6. The molecule has 3 aromatic carbocycles. The van der Waals surface area contributed by atoms with Gasteiger partial charge in [-0.15, -0.1) is 0 Å². The normalized spacial score (nSPS) is 12.3. The molecule has 34 heavy (non-hydrogen) atoms. The largest absolute Gasteiger partial charge is 0.417 e. The van der Waals surface area contributed by atoms with E-state index in [1.54, 1.807) is 0 Å². The molecule has 1 amide bonds. The number of hydrogen-bond acceptors (Lipinski definition) is 4. The van der Waals surface area contributed by atoms with Crippen LogP contribution in [-0.2, 0) is 12.4 Å². The molecular formula is C23H16F6N4O. The minimum atomic E-state index is -4.56. The number of hydrazone groups is 2. The van der Waals surface area contributed by atoms with Gasteiger partial charge in [-0.3, -0.25) is 10.2 Å². The zero-order valence-electron chi connectivity index (χ0n) is 17.2. The fourth-order valence-electron chi connectivity index (χ4n) is 2.83. The number of nitrogens with zero attached hydrogens (tertiary/aromatic N) is 2. The number of benzene rings is 3. The van der Waals surface area contributed by atoms with Crippen LogP contribution in [0.4, 0.5) is 32.0 Å². The quantitative estimate of drug-likeness (QED) is 0.262. The van der Waals surface area contributed by atoms with Crippen LogP contribution in [0, 0.1) is 0 Å². The molecule has 0 spiro atoms. The predicted octanol–water partition coefficient (Wildman–Crippen LogP) is 5.93. The van der Waals surface area contributed by atoms with Gasteiger partial charge in [0.25, 0.3) is 5.91 Å². The highest BCUT2D eigenvalue weighted by molar-refractivity contribution is 5.95. The first-order chi connectivity index (χ1) is 16.1. The summed E-state index contributed by atoms with van der Waals surface area (Å²) in [6, 6.07) is 15.4. The summed E-state index contributed by atoms with van der Waals surface area (Å²) in [5.41, 5.74) is 3.19. The van der Waals surface area contributed by atoms with E-state index >= 15 is 0 Å². The minimum Gasteiger partial charge on any atom is -0.279 e. The number of anilines is 1. The van der Waals surface area contributed by atoms with Crippen LogP contribution in [0.25, 0.3) is 0 Å². The second-order valence-corrected chi connectivity index (χ2v) is 6.82. The average Bonchev–Trinajstić information content (AvgIpc) is 2.79. The van der Waals surface area contributed by atoms with Gasteiger partial charge >= 0.3 is 12.4 Å². The highest BCUT2D eigenvalue weighted by Crippen LogP contribution is 2.32. The van der Waals surface area contributed by atoms with E-state index in [2.05, 4.69) is 21.1 Å². The fourth-order valence-corrected chi connectivity index (χ4v) is 2.83. The molecule has 0 radical (unpaired) electrons. The molecule has 0 saturated heterocycles. The van der Waals surface area contributed by atoms with Crippen molar-refractivity contribution in [2.24, 2.45) is 10.2 Å². The molecule has 3 rings (SSSR count). The number of rotatable bonds is 6. The summed E-state index contributed by atoms with van der Waals surface area (Å²) in [6.07, 6.45) is -7.16. The van der Waals surface area contributed by atoms with Crippen LogP contribution in [-0.4, -0.2) is 18.3 Å². The first kappa shape index (κ1) is 24.5. The Hall–Kier alpha value is -4.15. The standard InChI is InChI=1S/C23H16F6N4O/c24-22(25,26)19-7-3-1-5-16(19)13-30-32-18-11-9-15(10-12-18)21(34)33-31-14-17-6-2-4-8-20(17)23(27,28)29/h1-14,32H,(H,33,34). The molecule has 0 bridgehead atoms. The smallest absolute Gasteiger partial charge is 0.279 e. The van der Waals surface area contributed by atoms with Crippen molar-refractivity contribution in [2.45, 2.75) is 12.4 Å². The van der Waals surface area contributed by atoms with E-state index < -0.39 is 29.4 Å². The summed E-state index contributed by atoms with van der Waals surface area (Å²) in [7, 11) is 0. The van der Waals surface area contributed by atoms with Gasteiger partial charge < -0.3 is 0 Å². The molecule has 11 heteroatoms. The molecule has 0 aliphatic heterocycles. The molecule has 0 aromatic heterocycles. The van der Waals surface area contributed by atoms with Crippen LogP contribution in [0.3, 0.4) is 0 Å². The van der Waals surface area contributed by atoms with E-state index in [4.69, 9.17) is 0 Å². The second kappa shape index (κ2) is 10.2. The van der Waals surface area contributed by atoms with Crippen molar-refractivity contribution in [2.75, 3.05) is 5.43 Å². The van der Waals surface area contributed by atoms with Gasteiger partial charge in [0, 0.05) is 16.7 Å². The molecule has 5 nitrogen and oxygen atoms in total. The Labute approximate surface area is 189 Å². The van der Waals surface area contributed by atoms with Crippen molar-refractivity contribution >= 4 is 24.0 Å². The summed E-state index contributed by atoms with van der Waals surface area (Å²) in [5.74, 6) is -0.671. The van der Waals surface area contributed by atoms with Crippen molar-refractivity contribution < 1.29 is 31.1 Å². The fraction of sp³-hybridized carbons (Fsp3) is 0.0870. The highest BCUT2D eigenvalue weighted by atomic mass is 19.4. The van der Waals surface area contributed by atoms with Crippen molar-refractivity contribution in [1.29, 1.82) is 0 Å².